The summed E-state index contributed by atoms with van der Waals surface area (Å²) in [4.78, 5) is 12.1. The predicted molar refractivity (Wildman–Crippen MR) is 87.0 cm³/mol. The lowest BCUT2D eigenvalue weighted by Crippen LogP contribution is -2.08. The number of rotatable bonds is 6. The summed E-state index contributed by atoms with van der Waals surface area (Å²) < 4.78 is 2.08. The van der Waals surface area contributed by atoms with Gasteiger partial charge in [0, 0.05) is 24.2 Å². The highest BCUT2D eigenvalue weighted by Gasteiger charge is 2.03. The van der Waals surface area contributed by atoms with Crippen molar-refractivity contribution >= 4 is 17.0 Å². The van der Waals surface area contributed by atoms with E-state index in [1.165, 1.54) is 25.7 Å². The monoisotopic (exact) mass is 269 g/mol. The van der Waals surface area contributed by atoms with Gasteiger partial charge in [0.15, 0.2) is 5.43 Å². The van der Waals surface area contributed by atoms with E-state index in [1.807, 2.05) is 31.3 Å². The molecule has 0 bridgehead atoms. The van der Waals surface area contributed by atoms with Gasteiger partial charge in [0.05, 0.1) is 5.52 Å². The topological polar surface area (TPSA) is 22.0 Å². The minimum absolute atomic E-state index is 0.101. The first-order valence-electron chi connectivity index (χ1n) is 7.49. The van der Waals surface area contributed by atoms with Crippen molar-refractivity contribution in [1.82, 2.24) is 4.57 Å². The van der Waals surface area contributed by atoms with Crippen LogP contribution >= 0.6 is 0 Å². The molecule has 2 rings (SSSR count). The lowest BCUT2D eigenvalue weighted by atomic mass is 10.1. The van der Waals surface area contributed by atoms with Crippen LogP contribution in [0.1, 0.15) is 44.7 Å². The lowest BCUT2D eigenvalue weighted by Gasteiger charge is -2.09. The lowest BCUT2D eigenvalue weighted by molar-refractivity contribution is 0.675. The van der Waals surface area contributed by atoms with Gasteiger partial charge in [-0.3, -0.25) is 4.79 Å². The van der Waals surface area contributed by atoms with Gasteiger partial charge in [-0.25, -0.2) is 0 Å². The van der Waals surface area contributed by atoms with Crippen molar-refractivity contribution in [1.29, 1.82) is 0 Å². The van der Waals surface area contributed by atoms with Crippen LogP contribution in [0.25, 0.3) is 17.0 Å². The van der Waals surface area contributed by atoms with Gasteiger partial charge in [0.1, 0.15) is 0 Å². The molecule has 0 saturated heterocycles. The number of hydrogen-bond donors (Lipinski definition) is 0. The van der Waals surface area contributed by atoms with E-state index in [9.17, 15) is 4.79 Å². The summed E-state index contributed by atoms with van der Waals surface area (Å²) in [6, 6.07) is 9.49. The summed E-state index contributed by atoms with van der Waals surface area (Å²) in [7, 11) is 2.01. The Bertz CT molecular complexity index is 652. The molecule has 1 aromatic heterocycles. The Morgan fingerprint density at radius 2 is 1.95 bits per heavy atom. The molecule has 106 valence electrons. The number of allylic oxidation sites excluding steroid dienone is 1. The average Bonchev–Trinajstić information content (AvgIpc) is 2.47. The molecule has 0 fully saturated rings. The van der Waals surface area contributed by atoms with Crippen molar-refractivity contribution in [2.24, 2.45) is 7.05 Å². The number of para-hydroxylation sites is 1. The number of nitrogens with zero attached hydrogens (tertiary/aromatic N) is 1. The van der Waals surface area contributed by atoms with Gasteiger partial charge < -0.3 is 4.57 Å². The Kier molecular flexibility index (Phi) is 5.16. The molecule has 0 atom stereocenters. The molecule has 0 aliphatic rings. The van der Waals surface area contributed by atoms with Gasteiger partial charge in [-0.1, -0.05) is 44.4 Å². The molecule has 2 aromatic rings. The second kappa shape index (κ2) is 7.09. The summed E-state index contributed by atoms with van der Waals surface area (Å²) in [6.07, 6.45) is 10.4. The zero-order chi connectivity index (χ0) is 14.4. The third-order valence-electron chi connectivity index (χ3n) is 3.71. The van der Waals surface area contributed by atoms with Crippen LogP contribution in [-0.4, -0.2) is 4.57 Å². The number of aromatic nitrogens is 1. The molecular formula is C18H23NO. The molecule has 0 aliphatic heterocycles. The third kappa shape index (κ3) is 3.38. The van der Waals surface area contributed by atoms with E-state index in [-0.39, 0.29) is 5.43 Å². The van der Waals surface area contributed by atoms with E-state index in [1.54, 1.807) is 6.07 Å². The predicted octanol–water partition coefficient (Wildman–Crippen LogP) is 4.52. The van der Waals surface area contributed by atoms with Crippen LogP contribution in [-0.2, 0) is 7.05 Å². The molecule has 0 unspecified atom stereocenters. The normalized spacial score (nSPS) is 11.5. The first kappa shape index (κ1) is 14.6. The third-order valence-corrected chi connectivity index (χ3v) is 3.71. The summed E-state index contributed by atoms with van der Waals surface area (Å²) in [6.45, 7) is 2.22. The fraction of sp³-hybridized carbons (Fsp3) is 0.389. The molecule has 0 amide bonds. The van der Waals surface area contributed by atoms with Crippen LogP contribution in [0.4, 0.5) is 0 Å². The zero-order valence-electron chi connectivity index (χ0n) is 12.4. The Labute approximate surface area is 120 Å². The van der Waals surface area contributed by atoms with Crippen LogP contribution in [0.15, 0.2) is 41.2 Å². The largest absolute Gasteiger partial charge is 0.344 e. The van der Waals surface area contributed by atoms with E-state index >= 15 is 0 Å². The van der Waals surface area contributed by atoms with Crippen molar-refractivity contribution in [2.75, 3.05) is 0 Å². The fourth-order valence-corrected chi connectivity index (χ4v) is 2.48. The van der Waals surface area contributed by atoms with Gasteiger partial charge in [0.25, 0.3) is 0 Å². The van der Waals surface area contributed by atoms with Gasteiger partial charge in [-0.2, -0.15) is 0 Å². The summed E-state index contributed by atoms with van der Waals surface area (Å²) in [5, 5.41) is 0.787. The Balaban J connectivity index is 2.16. The highest BCUT2D eigenvalue weighted by molar-refractivity contribution is 5.80. The van der Waals surface area contributed by atoms with Gasteiger partial charge in [-0.05, 0) is 31.1 Å². The highest BCUT2D eigenvalue weighted by atomic mass is 16.1. The molecule has 0 radical (unpaired) electrons. The Hall–Kier alpha value is -1.83. The van der Waals surface area contributed by atoms with Crippen molar-refractivity contribution in [3.63, 3.8) is 0 Å². The maximum atomic E-state index is 12.1. The number of fused-ring (bicyclic) bond motifs is 1. The van der Waals surface area contributed by atoms with Crippen LogP contribution in [0, 0.1) is 0 Å². The van der Waals surface area contributed by atoms with Crippen LogP contribution in [0.2, 0.25) is 0 Å². The number of benzene rings is 1. The SMILES string of the molecule is CCCCCC/C=C/c1cc(=O)c2ccccc2n1C. The summed E-state index contributed by atoms with van der Waals surface area (Å²) in [5.74, 6) is 0. The summed E-state index contributed by atoms with van der Waals surface area (Å²) in [5.41, 5.74) is 2.07. The molecule has 0 saturated carbocycles. The van der Waals surface area contributed by atoms with E-state index in [0.29, 0.717) is 0 Å². The Morgan fingerprint density at radius 1 is 1.15 bits per heavy atom. The maximum absolute atomic E-state index is 12.1. The van der Waals surface area contributed by atoms with Crippen LogP contribution in [0.3, 0.4) is 0 Å². The molecule has 20 heavy (non-hydrogen) atoms. The fourth-order valence-electron chi connectivity index (χ4n) is 2.48. The van der Waals surface area contributed by atoms with E-state index in [2.05, 4.69) is 23.6 Å². The smallest absolute Gasteiger partial charge is 0.190 e. The number of hydrogen-bond acceptors (Lipinski definition) is 1. The van der Waals surface area contributed by atoms with Gasteiger partial charge in [-0.15, -0.1) is 0 Å². The molecule has 0 aliphatic carbocycles. The first-order valence-corrected chi connectivity index (χ1v) is 7.49. The molecule has 1 heterocycles. The van der Waals surface area contributed by atoms with Gasteiger partial charge in [0.2, 0.25) is 0 Å². The van der Waals surface area contributed by atoms with Crippen molar-refractivity contribution in [3.05, 3.63) is 52.3 Å². The first-order chi connectivity index (χ1) is 9.74. The van der Waals surface area contributed by atoms with E-state index < -0.39 is 0 Å². The highest BCUT2D eigenvalue weighted by Crippen LogP contribution is 2.13. The quantitative estimate of drug-likeness (QED) is 0.707. The number of pyridine rings is 1. The van der Waals surface area contributed by atoms with Crippen LogP contribution < -0.4 is 5.43 Å². The second-order valence-corrected chi connectivity index (χ2v) is 5.26. The molecule has 1 aromatic carbocycles. The zero-order valence-corrected chi connectivity index (χ0v) is 12.4. The van der Waals surface area contributed by atoms with Crippen LogP contribution in [0.5, 0.6) is 0 Å². The molecular weight excluding hydrogens is 246 g/mol. The van der Waals surface area contributed by atoms with Gasteiger partial charge >= 0.3 is 0 Å². The minimum atomic E-state index is 0.101. The maximum Gasteiger partial charge on any atom is 0.190 e. The minimum Gasteiger partial charge on any atom is -0.344 e. The molecule has 0 spiro atoms. The Morgan fingerprint density at radius 3 is 2.75 bits per heavy atom. The second-order valence-electron chi connectivity index (χ2n) is 5.26. The van der Waals surface area contributed by atoms with Crippen molar-refractivity contribution < 1.29 is 0 Å². The standard InChI is InChI=1S/C18H23NO/c1-3-4-5-6-7-8-11-15-14-18(20)16-12-9-10-13-17(16)19(15)2/h8-14H,3-7H2,1-2H3/b11-8+. The molecule has 0 N–H and O–H groups in total. The molecule has 2 heteroatoms. The molecule has 2 nitrogen and oxygen atoms in total. The van der Waals surface area contributed by atoms with E-state index in [0.717, 1.165) is 23.0 Å². The van der Waals surface area contributed by atoms with E-state index in [4.69, 9.17) is 0 Å². The average molecular weight is 269 g/mol. The summed E-state index contributed by atoms with van der Waals surface area (Å²) >= 11 is 0. The number of aryl methyl sites for hydroxylation is 1. The number of unbranched alkanes of at least 4 members (excludes halogenated alkanes) is 4. The van der Waals surface area contributed by atoms with Crippen molar-refractivity contribution in [3.8, 4) is 0 Å². The van der Waals surface area contributed by atoms with Crippen molar-refractivity contribution in [2.45, 2.75) is 39.0 Å².